The summed E-state index contributed by atoms with van der Waals surface area (Å²) in [5.41, 5.74) is 2.58. The number of ether oxygens (including phenoxy) is 1. The second-order valence-corrected chi connectivity index (χ2v) is 4.20. The minimum Gasteiger partial charge on any atom is -0.496 e. The lowest BCUT2D eigenvalue weighted by atomic mass is 10.0. The van der Waals surface area contributed by atoms with Crippen LogP contribution in [-0.4, -0.2) is 18.8 Å². The maximum absolute atomic E-state index is 8.68. The van der Waals surface area contributed by atoms with Gasteiger partial charge in [0.1, 0.15) is 5.75 Å². The summed E-state index contributed by atoms with van der Waals surface area (Å²) in [7, 11) is 1.72. The summed E-state index contributed by atoms with van der Waals surface area (Å²) in [6.07, 6.45) is 5.45. The van der Waals surface area contributed by atoms with Gasteiger partial charge in [0.2, 0.25) is 0 Å². The van der Waals surface area contributed by atoms with Crippen molar-refractivity contribution in [2.75, 3.05) is 13.7 Å². The van der Waals surface area contributed by atoms with Gasteiger partial charge in [0.25, 0.3) is 0 Å². The van der Waals surface area contributed by atoms with Crippen LogP contribution in [0.3, 0.4) is 0 Å². The number of hydrogen-bond donors (Lipinski definition) is 1. The average molecular weight is 252 g/mol. The molecule has 0 radical (unpaired) electrons. The third-order valence-electron chi connectivity index (χ3n) is 2.79. The number of rotatable bonds is 7. The zero-order valence-corrected chi connectivity index (χ0v) is 12.3. The number of benzene rings is 1. The van der Waals surface area contributed by atoms with E-state index in [1.54, 1.807) is 7.11 Å². The monoisotopic (exact) mass is 252 g/mol. The molecule has 0 atom stereocenters. The molecule has 2 nitrogen and oxygen atoms in total. The van der Waals surface area contributed by atoms with Crippen molar-refractivity contribution in [1.82, 2.24) is 0 Å². The van der Waals surface area contributed by atoms with Crippen LogP contribution in [0.4, 0.5) is 0 Å². The summed E-state index contributed by atoms with van der Waals surface area (Å²) in [6, 6.07) is 6.32. The molecule has 1 aromatic rings. The molecule has 1 aromatic carbocycles. The summed E-state index contributed by atoms with van der Waals surface area (Å²) in [5.74, 6) is 0.993. The molecule has 0 amide bonds. The zero-order valence-electron chi connectivity index (χ0n) is 12.3. The molecule has 18 heavy (non-hydrogen) atoms. The topological polar surface area (TPSA) is 29.5 Å². The third kappa shape index (κ3) is 6.65. The van der Waals surface area contributed by atoms with Gasteiger partial charge in [-0.15, -0.1) is 0 Å². The van der Waals surface area contributed by atoms with Gasteiger partial charge in [-0.2, -0.15) is 0 Å². The number of unbranched alkanes of at least 4 members (excludes halogenated alkanes) is 3. The molecule has 1 rings (SSSR count). The van der Waals surface area contributed by atoms with E-state index in [1.165, 1.54) is 24.0 Å². The number of aliphatic hydroxyl groups excluding tert-OH is 1. The Hall–Kier alpha value is -1.02. The molecular formula is C16H28O2. The second kappa shape index (κ2) is 11.1. The predicted molar refractivity (Wildman–Crippen MR) is 78.3 cm³/mol. The molecule has 0 aliphatic heterocycles. The predicted octanol–water partition coefficient (Wildman–Crippen LogP) is 4.13. The second-order valence-electron chi connectivity index (χ2n) is 4.20. The highest BCUT2D eigenvalue weighted by molar-refractivity contribution is 5.36. The first kappa shape index (κ1) is 17.0. The Morgan fingerprint density at radius 3 is 2.33 bits per heavy atom. The smallest absolute Gasteiger partial charge is 0.122 e. The normalized spacial score (nSPS) is 9.61. The molecule has 0 unspecified atom stereocenters. The summed E-state index contributed by atoms with van der Waals surface area (Å²) in [6.45, 7) is 6.42. The fourth-order valence-corrected chi connectivity index (χ4v) is 1.88. The Morgan fingerprint density at radius 2 is 1.72 bits per heavy atom. The first-order valence-electron chi connectivity index (χ1n) is 7.02. The molecule has 0 bridgehead atoms. The number of hydrogen-bond acceptors (Lipinski definition) is 2. The van der Waals surface area contributed by atoms with Crippen molar-refractivity contribution in [3.05, 3.63) is 29.3 Å². The van der Waals surface area contributed by atoms with Gasteiger partial charge in [-0.3, -0.25) is 0 Å². The van der Waals surface area contributed by atoms with Crippen molar-refractivity contribution in [1.29, 1.82) is 0 Å². The lowest BCUT2D eigenvalue weighted by molar-refractivity contribution is 0.282. The van der Waals surface area contributed by atoms with Gasteiger partial charge in [-0.05, 0) is 37.8 Å². The highest BCUT2D eigenvalue weighted by Crippen LogP contribution is 2.21. The van der Waals surface area contributed by atoms with Crippen LogP contribution in [0, 0.1) is 6.92 Å². The van der Waals surface area contributed by atoms with Crippen molar-refractivity contribution in [2.45, 2.75) is 52.9 Å². The summed E-state index contributed by atoms with van der Waals surface area (Å²) in [4.78, 5) is 0. The van der Waals surface area contributed by atoms with E-state index < -0.39 is 0 Å². The molecule has 0 saturated heterocycles. The first-order chi connectivity index (χ1) is 8.77. The molecule has 104 valence electrons. The molecule has 0 heterocycles. The maximum Gasteiger partial charge on any atom is 0.122 e. The molecule has 0 aromatic heterocycles. The zero-order chi connectivity index (χ0) is 13.8. The van der Waals surface area contributed by atoms with Crippen LogP contribution >= 0.6 is 0 Å². The van der Waals surface area contributed by atoms with Gasteiger partial charge in [-0.25, -0.2) is 0 Å². The van der Waals surface area contributed by atoms with Crippen LogP contribution in [0.5, 0.6) is 5.75 Å². The quantitative estimate of drug-likeness (QED) is 0.739. The molecule has 0 fully saturated rings. The van der Waals surface area contributed by atoms with Crippen LogP contribution in [-0.2, 0) is 6.42 Å². The standard InChI is InChI=1S/C14H22O2.C2H6/c1-12-8-9-14(16-2)13(11-12)7-5-3-4-6-10-15;1-2/h8-9,11,15H,3-7,10H2,1-2H3;1-2H3. The summed E-state index contributed by atoms with van der Waals surface area (Å²) in [5, 5.41) is 8.68. The molecule has 2 heteroatoms. The van der Waals surface area contributed by atoms with Gasteiger partial charge in [0.15, 0.2) is 0 Å². The van der Waals surface area contributed by atoms with Gasteiger partial charge >= 0.3 is 0 Å². The Balaban J connectivity index is 0.00000137. The Labute approximate surface area is 112 Å². The summed E-state index contributed by atoms with van der Waals surface area (Å²) >= 11 is 0. The summed E-state index contributed by atoms with van der Waals surface area (Å²) < 4.78 is 5.34. The van der Waals surface area contributed by atoms with E-state index in [-0.39, 0.29) is 0 Å². The SMILES string of the molecule is CC.COc1ccc(C)cc1CCCCCCO. The Bertz CT molecular complexity index is 308. The minimum atomic E-state index is 0.313. The van der Waals surface area contributed by atoms with Crippen molar-refractivity contribution in [3.63, 3.8) is 0 Å². The lowest BCUT2D eigenvalue weighted by Crippen LogP contribution is -1.94. The Morgan fingerprint density at radius 1 is 1.06 bits per heavy atom. The first-order valence-corrected chi connectivity index (χ1v) is 7.02. The van der Waals surface area contributed by atoms with Gasteiger partial charge in [-0.1, -0.05) is 44.4 Å². The van der Waals surface area contributed by atoms with Crippen LogP contribution in [0.15, 0.2) is 18.2 Å². The molecule has 1 N–H and O–H groups in total. The van der Waals surface area contributed by atoms with Crippen LogP contribution in [0.25, 0.3) is 0 Å². The van der Waals surface area contributed by atoms with Crippen LogP contribution < -0.4 is 4.74 Å². The van der Waals surface area contributed by atoms with Crippen molar-refractivity contribution in [2.24, 2.45) is 0 Å². The minimum absolute atomic E-state index is 0.313. The van der Waals surface area contributed by atoms with Crippen LogP contribution in [0.2, 0.25) is 0 Å². The van der Waals surface area contributed by atoms with Gasteiger partial charge in [0.05, 0.1) is 7.11 Å². The largest absolute Gasteiger partial charge is 0.496 e. The highest BCUT2D eigenvalue weighted by atomic mass is 16.5. The number of aliphatic hydroxyl groups is 1. The van der Waals surface area contributed by atoms with E-state index in [1.807, 2.05) is 19.9 Å². The highest BCUT2D eigenvalue weighted by Gasteiger charge is 2.02. The van der Waals surface area contributed by atoms with E-state index in [2.05, 4.69) is 19.1 Å². The van der Waals surface area contributed by atoms with Gasteiger partial charge < -0.3 is 9.84 Å². The maximum atomic E-state index is 8.68. The molecular weight excluding hydrogens is 224 g/mol. The molecule has 0 saturated carbocycles. The third-order valence-corrected chi connectivity index (χ3v) is 2.79. The lowest BCUT2D eigenvalue weighted by Gasteiger charge is -2.09. The van der Waals surface area contributed by atoms with Gasteiger partial charge in [0, 0.05) is 6.61 Å². The number of methoxy groups -OCH3 is 1. The fourth-order valence-electron chi connectivity index (χ4n) is 1.88. The fraction of sp³-hybridized carbons (Fsp3) is 0.625. The van der Waals surface area contributed by atoms with Crippen LogP contribution in [0.1, 0.15) is 50.7 Å². The van der Waals surface area contributed by atoms with E-state index in [9.17, 15) is 0 Å². The average Bonchev–Trinajstić information content (AvgIpc) is 2.41. The van der Waals surface area contributed by atoms with E-state index in [0.29, 0.717) is 6.61 Å². The van der Waals surface area contributed by atoms with E-state index >= 15 is 0 Å². The van der Waals surface area contributed by atoms with Crippen molar-refractivity contribution < 1.29 is 9.84 Å². The molecule has 0 aliphatic carbocycles. The van der Waals surface area contributed by atoms with Crippen molar-refractivity contribution >= 4 is 0 Å². The van der Waals surface area contributed by atoms with Crippen molar-refractivity contribution in [3.8, 4) is 5.75 Å². The molecule has 0 aliphatic rings. The number of aryl methyl sites for hydroxylation is 2. The van der Waals surface area contributed by atoms with E-state index in [4.69, 9.17) is 9.84 Å². The molecule has 0 spiro atoms. The Kier molecular flexibility index (Phi) is 10.5. The van der Waals surface area contributed by atoms with E-state index in [0.717, 1.165) is 25.0 Å².